The van der Waals surface area contributed by atoms with Crippen LogP contribution in [0.4, 0.5) is 0 Å². The number of nitrogens with zero attached hydrogens (tertiary/aromatic N) is 4. The molecule has 9 heteroatoms. The van der Waals surface area contributed by atoms with Gasteiger partial charge in [-0.25, -0.2) is 8.42 Å². The average molecular weight is 509 g/mol. The first-order valence-electron chi connectivity index (χ1n) is 12.6. The van der Waals surface area contributed by atoms with Gasteiger partial charge in [-0.05, 0) is 49.2 Å². The van der Waals surface area contributed by atoms with E-state index in [0.29, 0.717) is 44.7 Å². The van der Waals surface area contributed by atoms with Gasteiger partial charge < -0.3 is 14.4 Å². The summed E-state index contributed by atoms with van der Waals surface area (Å²) in [5, 5.41) is 0.258. The van der Waals surface area contributed by atoms with Crippen molar-refractivity contribution in [3.63, 3.8) is 0 Å². The van der Waals surface area contributed by atoms with E-state index in [1.807, 2.05) is 35.8 Å². The molecule has 0 spiro atoms. The summed E-state index contributed by atoms with van der Waals surface area (Å²) in [6.45, 7) is 8.90. The number of piperazine rings is 1. The second kappa shape index (κ2) is 9.80. The van der Waals surface area contributed by atoms with E-state index in [1.165, 1.54) is 10.4 Å². The van der Waals surface area contributed by atoms with Gasteiger partial charge in [-0.2, -0.15) is 4.31 Å². The lowest BCUT2D eigenvalue weighted by Gasteiger charge is -2.34. The highest BCUT2D eigenvalue weighted by atomic mass is 32.2. The Morgan fingerprint density at radius 2 is 1.64 bits per heavy atom. The number of aryl methyl sites for hydroxylation is 1. The third-order valence-electron chi connectivity index (χ3n) is 7.46. The molecule has 0 saturated carbocycles. The quantitative estimate of drug-likeness (QED) is 0.529. The first-order valence-corrected chi connectivity index (χ1v) is 14.0. The summed E-state index contributed by atoms with van der Waals surface area (Å²) in [6, 6.07) is 12.6. The van der Waals surface area contributed by atoms with E-state index in [1.54, 1.807) is 23.2 Å². The summed E-state index contributed by atoms with van der Waals surface area (Å²) >= 11 is 0. The molecule has 190 valence electrons. The Bertz CT molecular complexity index is 1470. The predicted octanol–water partition coefficient (Wildman–Crippen LogP) is 2.55. The fourth-order valence-electron chi connectivity index (χ4n) is 5.21. The van der Waals surface area contributed by atoms with Crippen LogP contribution in [0, 0.1) is 0 Å². The van der Waals surface area contributed by atoms with E-state index in [0.717, 1.165) is 30.8 Å². The van der Waals surface area contributed by atoms with Gasteiger partial charge in [0.1, 0.15) is 5.56 Å². The van der Waals surface area contributed by atoms with E-state index in [4.69, 9.17) is 0 Å². The van der Waals surface area contributed by atoms with Crippen molar-refractivity contribution in [1.82, 2.24) is 18.7 Å². The summed E-state index contributed by atoms with van der Waals surface area (Å²) in [5.74, 6) is -0.291. The van der Waals surface area contributed by atoms with Gasteiger partial charge in [0.15, 0.2) is 0 Å². The summed E-state index contributed by atoms with van der Waals surface area (Å²) in [7, 11) is -3.81. The van der Waals surface area contributed by atoms with Crippen molar-refractivity contribution in [2.45, 2.75) is 38.3 Å². The number of amides is 1. The molecular formula is C27H32N4O4S. The molecule has 3 aromatic rings. The van der Waals surface area contributed by atoms with Crippen LogP contribution in [0.25, 0.3) is 10.9 Å². The van der Waals surface area contributed by atoms with E-state index in [9.17, 15) is 18.0 Å². The van der Waals surface area contributed by atoms with Gasteiger partial charge in [-0.3, -0.25) is 9.59 Å². The molecule has 2 aliphatic heterocycles. The molecule has 0 aliphatic carbocycles. The van der Waals surface area contributed by atoms with Crippen molar-refractivity contribution in [2.75, 3.05) is 39.3 Å². The van der Waals surface area contributed by atoms with E-state index in [-0.39, 0.29) is 21.8 Å². The van der Waals surface area contributed by atoms with Crippen LogP contribution in [0.15, 0.2) is 58.4 Å². The molecule has 3 heterocycles. The lowest BCUT2D eigenvalue weighted by atomic mass is 10.0. The number of sulfonamides is 1. The molecule has 0 unspecified atom stereocenters. The number of hydrogen-bond donors (Lipinski definition) is 0. The fourth-order valence-corrected chi connectivity index (χ4v) is 6.66. The van der Waals surface area contributed by atoms with E-state index >= 15 is 0 Å². The minimum Gasteiger partial charge on any atom is -0.347 e. The van der Waals surface area contributed by atoms with Crippen LogP contribution in [0.5, 0.6) is 0 Å². The van der Waals surface area contributed by atoms with Crippen LogP contribution in [0.2, 0.25) is 0 Å². The molecule has 2 aliphatic rings. The molecule has 1 fully saturated rings. The number of fused-ring (bicyclic) bond motifs is 2. The zero-order valence-corrected chi connectivity index (χ0v) is 21.6. The number of carbonyl (C=O) groups excluding carboxylic acids is 1. The largest absolute Gasteiger partial charge is 0.347 e. The Kier molecular flexibility index (Phi) is 6.72. The molecule has 1 amide bonds. The number of carbonyl (C=O) groups is 1. The number of benzene rings is 2. The lowest BCUT2D eigenvalue weighted by Crippen LogP contribution is -2.49. The fraction of sp³-hybridized carbons (Fsp3) is 0.407. The number of rotatable bonds is 5. The maximum absolute atomic E-state index is 13.6. The van der Waals surface area contributed by atoms with Crippen molar-refractivity contribution in [3.8, 4) is 0 Å². The van der Waals surface area contributed by atoms with Crippen LogP contribution >= 0.6 is 0 Å². The van der Waals surface area contributed by atoms with Crippen LogP contribution < -0.4 is 5.43 Å². The maximum Gasteiger partial charge on any atom is 0.259 e. The van der Waals surface area contributed by atoms with Gasteiger partial charge in [0.05, 0.1) is 10.4 Å². The molecule has 8 nitrogen and oxygen atoms in total. The summed E-state index contributed by atoms with van der Waals surface area (Å²) < 4.78 is 30.5. The third kappa shape index (κ3) is 4.36. The van der Waals surface area contributed by atoms with Crippen LogP contribution in [-0.4, -0.2) is 72.3 Å². The van der Waals surface area contributed by atoms with E-state index in [2.05, 4.69) is 11.8 Å². The van der Waals surface area contributed by atoms with Crippen LogP contribution in [0.1, 0.15) is 35.3 Å². The molecule has 0 N–H and O–H groups in total. The van der Waals surface area contributed by atoms with Gasteiger partial charge in [0.25, 0.3) is 5.91 Å². The minimum atomic E-state index is -3.81. The Hall–Kier alpha value is -3.01. The lowest BCUT2D eigenvalue weighted by molar-refractivity contribution is 0.0641. The van der Waals surface area contributed by atoms with Crippen LogP contribution in [-0.2, 0) is 29.5 Å². The van der Waals surface area contributed by atoms with Crippen molar-refractivity contribution in [1.29, 1.82) is 0 Å². The Balaban J connectivity index is 1.52. The smallest absolute Gasteiger partial charge is 0.259 e. The Morgan fingerprint density at radius 1 is 0.917 bits per heavy atom. The first kappa shape index (κ1) is 24.7. The van der Waals surface area contributed by atoms with Crippen molar-refractivity contribution in [3.05, 3.63) is 75.6 Å². The molecular weight excluding hydrogens is 476 g/mol. The molecule has 2 aromatic carbocycles. The highest BCUT2D eigenvalue weighted by molar-refractivity contribution is 7.89. The number of aromatic nitrogens is 1. The topological polar surface area (TPSA) is 82.9 Å². The summed E-state index contributed by atoms with van der Waals surface area (Å²) in [6.07, 6.45) is 2.27. The minimum absolute atomic E-state index is 0.0790. The third-order valence-corrected chi connectivity index (χ3v) is 9.30. The van der Waals surface area contributed by atoms with Crippen molar-refractivity contribution < 1.29 is 13.2 Å². The normalized spacial score (nSPS) is 17.3. The molecule has 0 atom stereocenters. The zero-order valence-electron chi connectivity index (χ0n) is 20.8. The first-order chi connectivity index (χ1) is 17.3. The molecule has 1 saturated heterocycles. The Morgan fingerprint density at radius 3 is 2.33 bits per heavy atom. The molecule has 5 rings (SSSR count). The monoisotopic (exact) mass is 508 g/mol. The molecule has 0 radical (unpaired) electrons. The van der Waals surface area contributed by atoms with Gasteiger partial charge in [-0.1, -0.05) is 31.2 Å². The molecule has 1 aromatic heterocycles. The maximum atomic E-state index is 13.6. The second-order valence-electron chi connectivity index (χ2n) is 9.42. The standard InChI is InChI=1S/C27H32N4O4S/c1-3-28-13-15-30(16-14-28)27(33)24-19-29(4-2)25-10-9-22(17-23(25)26(24)32)36(34,35)31-12-11-20-7-5-6-8-21(20)18-31/h5-10,17,19H,3-4,11-16,18H2,1-2H3. The van der Waals surface area contributed by atoms with Gasteiger partial charge in [0.2, 0.25) is 15.5 Å². The van der Waals surface area contributed by atoms with Crippen molar-refractivity contribution in [2.24, 2.45) is 0 Å². The predicted molar refractivity (Wildman–Crippen MR) is 140 cm³/mol. The van der Waals surface area contributed by atoms with Gasteiger partial charge in [-0.15, -0.1) is 0 Å². The number of likely N-dealkylation sites (N-methyl/N-ethyl adjacent to an activating group) is 1. The highest BCUT2D eigenvalue weighted by Crippen LogP contribution is 2.26. The van der Waals surface area contributed by atoms with E-state index < -0.39 is 15.5 Å². The molecule has 0 bridgehead atoms. The van der Waals surface area contributed by atoms with Gasteiger partial charge in [0, 0.05) is 57.4 Å². The second-order valence-corrected chi connectivity index (χ2v) is 11.4. The van der Waals surface area contributed by atoms with Crippen molar-refractivity contribution >= 4 is 26.8 Å². The van der Waals surface area contributed by atoms with Crippen LogP contribution in [0.3, 0.4) is 0 Å². The zero-order chi connectivity index (χ0) is 25.4. The highest BCUT2D eigenvalue weighted by Gasteiger charge is 2.30. The molecule has 36 heavy (non-hydrogen) atoms. The Labute approximate surface area is 211 Å². The average Bonchev–Trinajstić information content (AvgIpc) is 2.92. The SMILES string of the molecule is CCN1CCN(C(=O)c2cn(CC)c3ccc(S(=O)(=O)N4CCc5ccccc5C4)cc3c2=O)CC1. The summed E-state index contributed by atoms with van der Waals surface area (Å²) in [4.78, 5) is 31.0. The van der Waals surface area contributed by atoms with Gasteiger partial charge >= 0.3 is 0 Å². The number of pyridine rings is 1. The number of hydrogen-bond acceptors (Lipinski definition) is 5. The summed E-state index contributed by atoms with van der Waals surface area (Å²) in [5.41, 5.74) is 2.46.